The first-order valence-corrected chi connectivity index (χ1v) is 7.82. The molecular weight excluding hydrogens is 292 g/mol. The van der Waals surface area contributed by atoms with Crippen molar-refractivity contribution in [1.82, 2.24) is 15.1 Å². The number of aromatic nitrogens is 2. The minimum Gasteiger partial charge on any atom is -0.396 e. The molecule has 2 aromatic rings. The third kappa shape index (κ3) is 5.41. The summed E-state index contributed by atoms with van der Waals surface area (Å²) in [5.41, 5.74) is 1.97. The summed E-state index contributed by atoms with van der Waals surface area (Å²) < 4.78 is 1.78. The molecule has 0 aliphatic heterocycles. The number of carbonyl (C=O) groups is 1. The standard InChI is InChI=1S/C17H24N4O2/c1-13(8-9-22)11-18-17(23)19-16-10-14(2)20-21(16)12-15-6-4-3-5-7-15/h3-7,10,13,22H,8-9,11-12H2,1-2H3,(H2,18,19,23). The molecule has 124 valence electrons. The van der Waals surface area contributed by atoms with E-state index in [0.717, 1.165) is 11.3 Å². The molecule has 23 heavy (non-hydrogen) atoms. The summed E-state index contributed by atoms with van der Waals surface area (Å²) >= 11 is 0. The molecule has 1 unspecified atom stereocenters. The van der Waals surface area contributed by atoms with E-state index in [9.17, 15) is 4.79 Å². The van der Waals surface area contributed by atoms with E-state index in [4.69, 9.17) is 5.11 Å². The molecule has 0 radical (unpaired) electrons. The Balaban J connectivity index is 1.96. The van der Waals surface area contributed by atoms with Gasteiger partial charge in [0.15, 0.2) is 0 Å². The lowest BCUT2D eigenvalue weighted by molar-refractivity contribution is 0.243. The van der Waals surface area contributed by atoms with Crippen LogP contribution in [0.25, 0.3) is 0 Å². The zero-order valence-corrected chi connectivity index (χ0v) is 13.6. The molecule has 0 saturated carbocycles. The van der Waals surface area contributed by atoms with Crippen LogP contribution in [0.2, 0.25) is 0 Å². The van der Waals surface area contributed by atoms with Crippen LogP contribution in [0.15, 0.2) is 36.4 Å². The van der Waals surface area contributed by atoms with E-state index in [1.807, 2.05) is 50.2 Å². The summed E-state index contributed by atoms with van der Waals surface area (Å²) in [6.45, 7) is 5.14. The van der Waals surface area contributed by atoms with Gasteiger partial charge in [0, 0.05) is 19.2 Å². The van der Waals surface area contributed by atoms with Gasteiger partial charge in [0.2, 0.25) is 0 Å². The van der Waals surface area contributed by atoms with Crippen LogP contribution in [0.5, 0.6) is 0 Å². The number of aliphatic hydroxyl groups excluding tert-OH is 1. The molecule has 0 bridgehead atoms. The van der Waals surface area contributed by atoms with Crippen molar-refractivity contribution in [1.29, 1.82) is 0 Å². The van der Waals surface area contributed by atoms with Crippen molar-refractivity contribution in [2.45, 2.75) is 26.8 Å². The molecule has 1 atom stereocenters. The first-order chi connectivity index (χ1) is 11.1. The first kappa shape index (κ1) is 17.0. The van der Waals surface area contributed by atoms with Crippen LogP contribution < -0.4 is 10.6 Å². The quantitative estimate of drug-likeness (QED) is 0.734. The van der Waals surface area contributed by atoms with Crippen LogP contribution in [0, 0.1) is 12.8 Å². The Morgan fingerprint density at radius 3 is 2.78 bits per heavy atom. The van der Waals surface area contributed by atoms with Crippen LogP contribution in [-0.2, 0) is 6.54 Å². The lowest BCUT2D eigenvalue weighted by Gasteiger charge is -2.13. The van der Waals surface area contributed by atoms with Crippen molar-refractivity contribution in [3.05, 3.63) is 47.7 Å². The predicted octanol–water partition coefficient (Wildman–Crippen LogP) is 2.38. The molecule has 0 aliphatic carbocycles. The van der Waals surface area contributed by atoms with E-state index >= 15 is 0 Å². The smallest absolute Gasteiger partial charge is 0.320 e. The number of benzene rings is 1. The Labute approximate surface area is 136 Å². The minimum atomic E-state index is -0.260. The molecule has 3 N–H and O–H groups in total. The third-order valence-electron chi connectivity index (χ3n) is 3.55. The lowest BCUT2D eigenvalue weighted by atomic mass is 10.1. The number of rotatable bonds is 7. The third-order valence-corrected chi connectivity index (χ3v) is 3.55. The van der Waals surface area contributed by atoms with Gasteiger partial charge in [-0.25, -0.2) is 9.48 Å². The van der Waals surface area contributed by atoms with Crippen LogP contribution in [0.4, 0.5) is 10.6 Å². The topological polar surface area (TPSA) is 79.2 Å². The van der Waals surface area contributed by atoms with Crippen LogP contribution in [0.1, 0.15) is 24.6 Å². The second-order valence-electron chi connectivity index (χ2n) is 5.77. The number of anilines is 1. The predicted molar refractivity (Wildman–Crippen MR) is 90.4 cm³/mol. The molecule has 0 aliphatic rings. The number of aliphatic hydroxyl groups is 1. The Hall–Kier alpha value is -2.34. The number of nitrogens with one attached hydrogen (secondary N) is 2. The van der Waals surface area contributed by atoms with Gasteiger partial charge in [-0.15, -0.1) is 0 Å². The first-order valence-electron chi connectivity index (χ1n) is 7.82. The zero-order valence-electron chi connectivity index (χ0n) is 13.6. The fourth-order valence-corrected chi connectivity index (χ4v) is 2.27. The maximum Gasteiger partial charge on any atom is 0.320 e. The number of amides is 2. The van der Waals surface area contributed by atoms with E-state index in [1.165, 1.54) is 0 Å². The van der Waals surface area contributed by atoms with Crippen LogP contribution in [0.3, 0.4) is 0 Å². The fraction of sp³-hybridized carbons (Fsp3) is 0.412. The van der Waals surface area contributed by atoms with Gasteiger partial charge in [-0.2, -0.15) is 5.10 Å². The Morgan fingerprint density at radius 2 is 2.09 bits per heavy atom. The molecule has 6 heteroatoms. The largest absolute Gasteiger partial charge is 0.396 e. The van der Waals surface area contributed by atoms with E-state index in [1.54, 1.807) is 4.68 Å². The number of hydrogen-bond donors (Lipinski definition) is 3. The van der Waals surface area contributed by atoms with Crippen molar-refractivity contribution in [3.8, 4) is 0 Å². The molecule has 1 aromatic heterocycles. The van der Waals surface area contributed by atoms with Crippen molar-refractivity contribution < 1.29 is 9.90 Å². The molecule has 6 nitrogen and oxygen atoms in total. The molecular formula is C17H24N4O2. The van der Waals surface area contributed by atoms with Gasteiger partial charge < -0.3 is 10.4 Å². The second kappa shape index (κ2) is 8.33. The molecule has 0 saturated heterocycles. The summed E-state index contributed by atoms with van der Waals surface area (Å²) in [4.78, 5) is 12.0. The van der Waals surface area contributed by atoms with Crippen molar-refractivity contribution in [3.63, 3.8) is 0 Å². The molecule has 2 amide bonds. The summed E-state index contributed by atoms with van der Waals surface area (Å²) in [5, 5.41) is 19.0. The summed E-state index contributed by atoms with van der Waals surface area (Å²) in [7, 11) is 0. The highest BCUT2D eigenvalue weighted by Gasteiger charge is 2.10. The average Bonchev–Trinajstić information content (AvgIpc) is 2.86. The second-order valence-corrected chi connectivity index (χ2v) is 5.77. The zero-order chi connectivity index (χ0) is 16.7. The summed E-state index contributed by atoms with van der Waals surface area (Å²) in [5.74, 6) is 0.903. The minimum absolute atomic E-state index is 0.132. The molecule has 1 aromatic carbocycles. The van der Waals surface area contributed by atoms with E-state index in [-0.39, 0.29) is 18.6 Å². The highest BCUT2D eigenvalue weighted by Crippen LogP contribution is 2.13. The number of aryl methyl sites for hydroxylation is 1. The summed E-state index contributed by atoms with van der Waals surface area (Å²) in [6.07, 6.45) is 0.672. The highest BCUT2D eigenvalue weighted by atomic mass is 16.3. The fourth-order valence-electron chi connectivity index (χ4n) is 2.27. The van der Waals surface area contributed by atoms with Crippen molar-refractivity contribution in [2.75, 3.05) is 18.5 Å². The Kier molecular flexibility index (Phi) is 6.17. The average molecular weight is 316 g/mol. The number of hydrogen-bond acceptors (Lipinski definition) is 3. The highest BCUT2D eigenvalue weighted by molar-refractivity contribution is 5.88. The molecule has 2 rings (SSSR count). The van der Waals surface area contributed by atoms with E-state index in [2.05, 4.69) is 15.7 Å². The van der Waals surface area contributed by atoms with Crippen molar-refractivity contribution in [2.24, 2.45) is 5.92 Å². The Morgan fingerprint density at radius 1 is 1.35 bits per heavy atom. The monoisotopic (exact) mass is 316 g/mol. The number of carbonyl (C=O) groups excluding carboxylic acids is 1. The van der Waals surface area contributed by atoms with Gasteiger partial charge in [-0.05, 0) is 24.8 Å². The lowest BCUT2D eigenvalue weighted by Crippen LogP contribution is -2.33. The van der Waals surface area contributed by atoms with E-state index < -0.39 is 0 Å². The number of urea groups is 1. The maximum atomic E-state index is 12.0. The Bertz CT molecular complexity index is 625. The van der Waals surface area contributed by atoms with Gasteiger partial charge >= 0.3 is 6.03 Å². The number of nitrogens with zero attached hydrogens (tertiary/aromatic N) is 2. The maximum absolute atomic E-state index is 12.0. The molecule has 0 fully saturated rings. The van der Waals surface area contributed by atoms with Gasteiger partial charge in [-0.3, -0.25) is 5.32 Å². The van der Waals surface area contributed by atoms with Gasteiger partial charge in [0.25, 0.3) is 0 Å². The van der Waals surface area contributed by atoms with E-state index in [0.29, 0.717) is 25.3 Å². The van der Waals surface area contributed by atoms with Gasteiger partial charge in [0.05, 0.1) is 12.2 Å². The van der Waals surface area contributed by atoms with Gasteiger partial charge in [0.1, 0.15) is 5.82 Å². The molecule has 0 spiro atoms. The van der Waals surface area contributed by atoms with Crippen molar-refractivity contribution >= 4 is 11.8 Å². The normalized spacial score (nSPS) is 12.0. The van der Waals surface area contributed by atoms with Gasteiger partial charge in [-0.1, -0.05) is 37.3 Å². The molecule has 1 heterocycles. The van der Waals surface area contributed by atoms with Crippen LogP contribution >= 0.6 is 0 Å². The van der Waals surface area contributed by atoms with Crippen LogP contribution in [-0.4, -0.2) is 34.1 Å². The SMILES string of the molecule is Cc1cc(NC(=O)NCC(C)CCO)n(Cc2ccccc2)n1. The summed E-state index contributed by atoms with van der Waals surface area (Å²) in [6, 6.07) is 11.6.